The molecule has 0 amide bonds. The molecule has 3 nitrogen and oxygen atoms in total. The lowest BCUT2D eigenvalue weighted by Gasteiger charge is -2.38. The normalized spacial score (nSPS) is 18.1. The van der Waals surface area contributed by atoms with Crippen LogP contribution in [0.5, 0.6) is 11.5 Å². The smallest absolute Gasteiger partial charge is 0.250 e. The molecule has 2 rings (SSSR count). The summed E-state index contributed by atoms with van der Waals surface area (Å²) in [6.07, 6.45) is 5.98. The van der Waals surface area contributed by atoms with E-state index in [0.29, 0.717) is 0 Å². The Morgan fingerprint density at radius 3 is 2.40 bits per heavy atom. The first kappa shape index (κ1) is 26.0. The molecule has 1 heterocycles. The molecule has 172 valence electrons. The number of ether oxygens (including phenoxy) is 1. The molecule has 0 bridgehead atoms. The van der Waals surface area contributed by atoms with Crippen molar-refractivity contribution in [2.75, 3.05) is 18.6 Å². The molecule has 1 fully saturated rings. The van der Waals surface area contributed by atoms with E-state index in [-0.39, 0.29) is 15.2 Å². The Hall–Kier alpha value is -0.303. The fourth-order valence-electron chi connectivity index (χ4n) is 3.49. The molecule has 1 aliphatic rings. The zero-order valence-corrected chi connectivity index (χ0v) is 22.7. The van der Waals surface area contributed by atoms with Crippen molar-refractivity contribution in [3.8, 4) is 11.5 Å². The predicted molar refractivity (Wildman–Crippen MR) is 137 cm³/mol. The van der Waals surface area contributed by atoms with E-state index in [2.05, 4.69) is 82.5 Å². The molecule has 1 saturated heterocycles. The van der Waals surface area contributed by atoms with E-state index < -0.39 is 8.32 Å². The number of methoxy groups -OCH3 is 1. The van der Waals surface area contributed by atoms with Crippen LogP contribution >= 0.6 is 23.5 Å². The molecule has 1 atom stereocenters. The van der Waals surface area contributed by atoms with Crippen LogP contribution < -0.4 is 9.16 Å². The van der Waals surface area contributed by atoms with Crippen LogP contribution in [0.15, 0.2) is 18.2 Å². The number of hydrogen-bond donors (Lipinski definition) is 1. The van der Waals surface area contributed by atoms with Gasteiger partial charge in [0.15, 0.2) is 5.75 Å². The van der Waals surface area contributed by atoms with Gasteiger partial charge in [-0.1, -0.05) is 40.2 Å². The molecule has 0 aliphatic carbocycles. The molecule has 1 aromatic rings. The van der Waals surface area contributed by atoms with Crippen LogP contribution in [-0.4, -0.2) is 42.2 Å². The van der Waals surface area contributed by atoms with Crippen LogP contribution in [0, 0.1) is 0 Å². The molecule has 0 unspecified atom stereocenters. The summed E-state index contributed by atoms with van der Waals surface area (Å²) in [6.45, 7) is 13.5. The highest BCUT2D eigenvalue weighted by Crippen LogP contribution is 2.49. The average molecular weight is 471 g/mol. The van der Waals surface area contributed by atoms with E-state index >= 15 is 0 Å². The Balaban J connectivity index is 2.12. The van der Waals surface area contributed by atoms with Gasteiger partial charge in [0.25, 0.3) is 8.32 Å². The van der Waals surface area contributed by atoms with E-state index in [1.165, 1.54) is 23.5 Å². The molecule has 0 aromatic heterocycles. The Kier molecular flexibility index (Phi) is 9.53. The lowest BCUT2D eigenvalue weighted by atomic mass is 10.0. The zero-order valence-electron chi connectivity index (χ0n) is 20.0. The lowest BCUT2D eigenvalue weighted by Crippen LogP contribution is -2.43. The van der Waals surface area contributed by atoms with Crippen LogP contribution in [0.4, 0.5) is 0 Å². The fraction of sp³-hybridized carbons (Fsp3) is 0.750. The summed E-state index contributed by atoms with van der Waals surface area (Å²) in [4.78, 5) is 0. The van der Waals surface area contributed by atoms with Gasteiger partial charge in [-0.25, -0.2) is 0 Å². The predicted octanol–water partition coefficient (Wildman–Crippen LogP) is 7.13. The van der Waals surface area contributed by atoms with Crippen molar-refractivity contribution in [3.05, 3.63) is 23.8 Å². The second-order valence-corrected chi connectivity index (χ2v) is 17.9. The monoisotopic (exact) mass is 470 g/mol. The second kappa shape index (κ2) is 11.0. The number of benzene rings is 1. The zero-order chi connectivity index (χ0) is 22.4. The third-order valence-corrected chi connectivity index (χ3v) is 14.2. The number of rotatable bonds is 10. The Labute approximate surface area is 194 Å². The molecule has 30 heavy (non-hydrogen) atoms. The first-order valence-corrected chi connectivity index (χ1v) is 16.2. The number of aliphatic hydroxyl groups excluding tert-OH is 1. The van der Waals surface area contributed by atoms with Gasteiger partial charge < -0.3 is 14.3 Å². The summed E-state index contributed by atoms with van der Waals surface area (Å²) < 4.78 is 12.3. The van der Waals surface area contributed by atoms with Gasteiger partial charge in [0.2, 0.25) is 0 Å². The summed E-state index contributed by atoms with van der Waals surface area (Å²) in [7, 11) is -0.180. The molecule has 0 radical (unpaired) electrons. The summed E-state index contributed by atoms with van der Waals surface area (Å²) in [5.41, 5.74) is 1.28. The van der Waals surface area contributed by atoms with E-state index in [1.54, 1.807) is 7.11 Å². The first-order chi connectivity index (χ1) is 14.0. The molecular weight excluding hydrogens is 428 g/mol. The Morgan fingerprint density at radius 2 is 1.83 bits per heavy atom. The highest BCUT2D eigenvalue weighted by atomic mass is 32.2. The van der Waals surface area contributed by atoms with Gasteiger partial charge in [-0.15, -0.1) is 23.5 Å². The maximum atomic E-state index is 10.5. The quantitative estimate of drug-likeness (QED) is 0.368. The number of hydrogen-bond acceptors (Lipinski definition) is 5. The van der Waals surface area contributed by atoms with Crippen molar-refractivity contribution in [1.82, 2.24) is 0 Å². The van der Waals surface area contributed by atoms with E-state index in [0.717, 1.165) is 43.6 Å². The first-order valence-electron chi connectivity index (χ1n) is 11.3. The third kappa shape index (κ3) is 7.11. The number of thioether (sulfide) groups is 2. The second-order valence-electron chi connectivity index (χ2n) is 9.96. The summed E-state index contributed by atoms with van der Waals surface area (Å²) in [6, 6.07) is 6.44. The van der Waals surface area contributed by atoms with Crippen LogP contribution in [0.2, 0.25) is 18.1 Å². The molecule has 1 N–H and O–H groups in total. The fourth-order valence-corrected chi connectivity index (χ4v) is 7.97. The number of aryl methyl sites for hydroxylation is 1. The van der Waals surface area contributed by atoms with E-state index in [9.17, 15) is 5.11 Å². The highest BCUT2D eigenvalue weighted by Gasteiger charge is 2.39. The summed E-state index contributed by atoms with van der Waals surface area (Å²) >= 11 is 4.12. The van der Waals surface area contributed by atoms with Crippen molar-refractivity contribution >= 4 is 31.8 Å². The Bertz CT molecular complexity index is 667. The molecular formula is C24H42O3S2Si. The number of aliphatic hydroxyl groups is 1. The van der Waals surface area contributed by atoms with Crippen LogP contribution in [-0.2, 0) is 6.42 Å². The van der Waals surface area contributed by atoms with Crippen molar-refractivity contribution in [3.63, 3.8) is 0 Å². The summed E-state index contributed by atoms with van der Waals surface area (Å²) in [5, 5.41) is 10.6. The van der Waals surface area contributed by atoms with Gasteiger partial charge in [-0.05, 0) is 79.4 Å². The van der Waals surface area contributed by atoms with Crippen LogP contribution in [0.25, 0.3) is 0 Å². The van der Waals surface area contributed by atoms with Gasteiger partial charge in [0.1, 0.15) is 5.75 Å². The van der Waals surface area contributed by atoms with Gasteiger partial charge in [0.05, 0.1) is 17.3 Å². The minimum atomic E-state index is -1.91. The van der Waals surface area contributed by atoms with Crippen LogP contribution in [0.3, 0.4) is 0 Å². The van der Waals surface area contributed by atoms with E-state index in [4.69, 9.17) is 9.16 Å². The van der Waals surface area contributed by atoms with Crippen LogP contribution in [0.1, 0.15) is 65.4 Å². The SMILES string of the molecule is CCC[C@H](O)CC1(CCc2ccc(O[Si](C)(C)C(C)(C)C)c(OC)c2)SCCCS1. The van der Waals surface area contributed by atoms with Crippen molar-refractivity contribution < 1.29 is 14.3 Å². The molecule has 0 spiro atoms. The maximum Gasteiger partial charge on any atom is 0.250 e. The van der Waals surface area contributed by atoms with Crippen molar-refractivity contribution in [2.24, 2.45) is 0 Å². The molecule has 1 aliphatic heterocycles. The van der Waals surface area contributed by atoms with Gasteiger partial charge in [-0.2, -0.15) is 0 Å². The highest BCUT2D eigenvalue weighted by molar-refractivity contribution is 8.18. The Morgan fingerprint density at radius 1 is 1.17 bits per heavy atom. The van der Waals surface area contributed by atoms with Gasteiger partial charge >= 0.3 is 0 Å². The standard InChI is InChI=1S/C24H42O3S2Si/c1-8-10-20(25)18-24(28-15-9-16-29-24)14-13-19-11-12-21(22(17-19)26-5)27-30(6,7)23(2,3)4/h11-12,17,20,25H,8-10,13-16,18H2,1-7H3/t20-/m0/s1. The lowest BCUT2D eigenvalue weighted by molar-refractivity contribution is 0.149. The molecule has 1 aromatic carbocycles. The van der Waals surface area contributed by atoms with Gasteiger partial charge in [-0.3, -0.25) is 0 Å². The third-order valence-electron chi connectivity index (χ3n) is 6.38. The largest absolute Gasteiger partial charge is 0.541 e. The maximum absolute atomic E-state index is 10.5. The summed E-state index contributed by atoms with van der Waals surface area (Å²) in [5.74, 6) is 4.10. The topological polar surface area (TPSA) is 38.7 Å². The van der Waals surface area contributed by atoms with Crippen molar-refractivity contribution in [2.45, 2.75) is 94.5 Å². The van der Waals surface area contributed by atoms with Crippen molar-refractivity contribution in [1.29, 1.82) is 0 Å². The van der Waals surface area contributed by atoms with Gasteiger partial charge in [0, 0.05) is 0 Å². The molecule has 0 saturated carbocycles. The minimum absolute atomic E-state index is 0.135. The molecule has 6 heteroatoms. The minimum Gasteiger partial charge on any atom is -0.541 e. The average Bonchev–Trinajstić information content (AvgIpc) is 2.67. The van der Waals surface area contributed by atoms with E-state index in [1.807, 2.05) is 0 Å².